The molecule has 0 heterocycles. The maximum absolute atomic E-state index is 12.0. The van der Waals surface area contributed by atoms with Crippen molar-refractivity contribution in [2.75, 3.05) is 43.5 Å². The normalized spacial score (nSPS) is 10.1. The molecule has 2 aromatic carbocycles. The van der Waals surface area contributed by atoms with Gasteiger partial charge >= 0.3 is 6.03 Å². The molecule has 3 N–H and O–H groups in total. The fraction of sp³-hybridized carbons (Fsp3) is 0.333. The Morgan fingerprint density at radius 1 is 1.04 bits per heavy atom. The maximum Gasteiger partial charge on any atom is 0.319 e. The predicted molar refractivity (Wildman–Crippen MR) is 112 cm³/mol. The number of amides is 3. The number of rotatable bonds is 10. The van der Waals surface area contributed by atoms with E-state index in [0.29, 0.717) is 24.5 Å². The number of nitrogens with one attached hydrogen (secondary N) is 3. The summed E-state index contributed by atoms with van der Waals surface area (Å²) in [4.78, 5) is 25.6. The summed E-state index contributed by atoms with van der Waals surface area (Å²) in [5.74, 6) is 0.340. The smallest absolute Gasteiger partial charge is 0.319 e. The van der Waals surface area contributed by atoms with Crippen LogP contribution in [0.2, 0.25) is 0 Å². The second kappa shape index (κ2) is 11.5. The molecule has 0 saturated heterocycles. The molecule has 0 aliphatic carbocycles. The Hall–Kier alpha value is -3.22. The molecule has 0 saturated carbocycles. The van der Waals surface area contributed by atoms with Crippen LogP contribution in [0, 0.1) is 0 Å². The summed E-state index contributed by atoms with van der Waals surface area (Å²) in [5.41, 5.74) is 1.75. The zero-order valence-electron chi connectivity index (χ0n) is 16.4. The SMILES string of the molecule is CCNC(=O)COc1cccc(NC(=O)NCCCN(C)c2ccccc2)c1. The molecule has 150 valence electrons. The van der Waals surface area contributed by atoms with Gasteiger partial charge in [-0.2, -0.15) is 0 Å². The van der Waals surface area contributed by atoms with Crippen LogP contribution >= 0.6 is 0 Å². The highest BCUT2D eigenvalue weighted by molar-refractivity contribution is 5.89. The molecule has 0 aliphatic rings. The van der Waals surface area contributed by atoms with E-state index in [2.05, 4.69) is 33.0 Å². The average Bonchev–Trinajstić information content (AvgIpc) is 2.71. The predicted octanol–water partition coefficient (Wildman–Crippen LogP) is 2.85. The molecule has 28 heavy (non-hydrogen) atoms. The largest absolute Gasteiger partial charge is 0.484 e. The number of benzene rings is 2. The van der Waals surface area contributed by atoms with Gasteiger partial charge in [0.05, 0.1) is 0 Å². The topological polar surface area (TPSA) is 82.7 Å². The Kier molecular flexibility index (Phi) is 8.65. The van der Waals surface area contributed by atoms with E-state index < -0.39 is 0 Å². The molecular formula is C21H28N4O3. The van der Waals surface area contributed by atoms with Gasteiger partial charge in [0.25, 0.3) is 5.91 Å². The van der Waals surface area contributed by atoms with Gasteiger partial charge in [0.2, 0.25) is 0 Å². The Bertz CT molecular complexity index is 752. The van der Waals surface area contributed by atoms with Gasteiger partial charge in [0.1, 0.15) is 5.75 Å². The summed E-state index contributed by atoms with van der Waals surface area (Å²) in [7, 11) is 2.03. The van der Waals surface area contributed by atoms with E-state index in [1.165, 1.54) is 0 Å². The molecule has 7 nitrogen and oxygen atoms in total. The number of hydrogen-bond donors (Lipinski definition) is 3. The number of urea groups is 1. The highest BCUT2D eigenvalue weighted by Gasteiger charge is 2.05. The minimum Gasteiger partial charge on any atom is -0.484 e. The number of anilines is 2. The zero-order chi connectivity index (χ0) is 20.2. The third-order valence-electron chi connectivity index (χ3n) is 3.99. The van der Waals surface area contributed by atoms with E-state index >= 15 is 0 Å². The lowest BCUT2D eigenvalue weighted by atomic mass is 10.3. The van der Waals surface area contributed by atoms with Crippen LogP contribution in [-0.2, 0) is 4.79 Å². The van der Waals surface area contributed by atoms with Crippen LogP contribution in [0.1, 0.15) is 13.3 Å². The molecule has 3 amide bonds. The lowest BCUT2D eigenvalue weighted by Crippen LogP contribution is -2.31. The fourth-order valence-corrected chi connectivity index (χ4v) is 2.57. The monoisotopic (exact) mass is 384 g/mol. The quantitative estimate of drug-likeness (QED) is 0.550. The molecule has 0 aliphatic heterocycles. The number of carbonyl (C=O) groups excluding carboxylic acids is 2. The first-order valence-corrected chi connectivity index (χ1v) is 9.39. The van der Waals surface area contributed by atoms with E-state index in [9.17, 15) is 9.59 Å². The molecule has 0 atom stereocenters. The Balaban J connectivity index is 1.69. The Labute approximate surface area is 166 Å². The molecule has 0 spiro atoms. The van der Waals surface area contributed by atoms with E-state index in [0.717, 1.165) is 18.7 Å². The molecule has 0 aromatic heterocycles. The van der Waals surface area contributed by atoms with E-state index in [1.807, 2.05) is 32.2 Å². The molecule has 7 heteroatoms. The van der Waals surface area contributed by atoms with E-state index in [-0.39, 0.29) is 18.5 Å². The first kappa shape index (κ1) is 21.1. The molecule has 0 radical (unpaired) electrons. The van der Waals surface area contributed by atoms with Crippen molar-refractivity contribution in [2.24, 2.45) is 0 Å². The second-order valence-corrected chi connectivity index (χ2v) is 6.26. The average molecular weight is 384 g/mol. The summed E-state index contributed by atoms with van der Waals surface area (Å²) in [6.45, 7) is 3.76. The molecular weight excluding hydrogens is 356 g/mol. The Morgan fingerprint density at radius 2 is 1.82 bits per heavy atom. The van der Waals surface area contributed by atoms with Crippen molar-refractivity contribution in [3.8, 4) is 5.75 Å². The van der Waals surface area contributed by atoms with E-state index in [4.69, 9.17) is 4.74 Å². The number of carbonyl (C=O) groups is 2. The van der Waals surface area contributed by atoms with Crippen LogP contribution in [0.4, 0.5) is 16.2 Å². The fourth-order valence-electron chi connectivity index (χ4n) is 2.57. The Morgan fingerprint density at radius 3 is 2.57 bits per heavy atom. The van der Waals surface area contributed by atoms with Crippen molar-refractivity contribution in [2.45, 2.75) is 13.3 Å². The van der Waals surface area contributed by atoms with Crippen LogP contribution in [0.15, 0.2) is 54.6 Å². The molecule has 0 bridgehead atoms. The van der Waals surface area contributed by atoms with Crippen molar-refractivity contribution in [1.29, 1.82) is 0 Å². The van der Waals surface area contributed by atoms with Crippen LogP contribution in [0.5, 0.6) is 5.75 Å². The van der Waals surface area contributed by atoms with Gasteiger partial charge in [0.15, 0.2) is 6.61 Å². The van der Waals surface area contributed by atoms with Gasteiger partial charge in [-0.1, -0.05) is 24.3 Å². The van der Waals surface area contributed by atoms with E-state index in [1.54, 1.807) is 24.3 Å². The van der Waals surface area contributed by atoms with Gasteiger partial charge in [-0.05, 0) is 37.6 Å². The van der Waals surface area contributed by atoms with Crippen LogP contribution in [0.25, 0.3) is 0 Å². The summed E-state index contributed by atoms with van der Waals surface area (Å²) >= 11 is 0. The van der Waals surface area contributed by atoms with Gasteiger partial charge < -0.3 is 25.6 Å². The number of nitrogens with zero attached hydrogens (tertiary/aromatic N) is 1. The third-order valence-corrected chi connectivity index (χ3v) is 3.99. The third kappa shape index (κ3) is 7.57. The summed E-state index contributed by atoms with van der Waals surface area (Å²) in [6.07, 6.45) is 0.828. The summed E-state index contributed by atoms with van der Waals surface area (Å²) in [5, 5.41) is 8.28. The highest BCUT2D eigenvalue weighted by Crippen LogP contribution is 2.17. The van der Waals surface area contributed by atoms with Crippen LogP contribution in [0.3, 0.4) is 0 Å². The van der Waals surface area contributed by atoms with Gasteiger partial charge in [-0.3, -0.25) is 4.79 Å². The number of likely N-dealkylation sites (N-methyl/N-ethyl adjacent to an activating group) is 1. The summed E-state index contributed by atoms with van der Waals surface area (Å²) < 4.78 is 5.42. The lowest BCUT2D eigenvalue weighted by Gasteiger charge is -2.19. The van der Waals surface area contributed by atoms with Crippen molar-refractivity contribution < 1.29 is 14.3 Å². The lowest BCUT2D eigenvalue weighted by molar-refractivity contribution is -0.122. The standard InChI is InChI=1S/C21H28N4O3/c1-3-22-20(26)16-28-19-12-7-9-17(15-19)24-21(27)23-13-8-14-25(2)18-10-5-4-6-11-18/h4-7,9-12,15H,3,8,13-14,16H2,1-2H3,(H,22,26)(H2,23,24,27). The number of ether oxygens (including phenoxy) is 1. The zero-order valence-corrected chi connectivity index (χ0v) is 16.4. The van der Waals surface area contributed by atoms with Gasteiger partial charge in [-0.25, -0.2) is 4.79 Å². The highest BCUT2D eigenvalue weighted by atomic mass is 16.5. The van der Waals surface area contributed by atoms with Crippen LogP contribution < -0.4 is 25.6 Å². The minimum absolute atomic E-state index is 0.0571. The first-order valence-electron chi connectivity index (χ1n) is 9.39. The number of hydrogen-bond acceptors (Lipinski definition) is 4. The van der Waals surface area contributed by atoms with Crippen molar-refractivity contribution in [3.63, 3.8) is 0 Å². The molecule has 0 unspecified atom stereocenters. The molecule has 2 rings (SSSR count). The van der Waals surface area contributed by atoms with Crippen molar-refractivity contribution in [3.05, 3.63) is 54.6 Å². The summed E-state index contributed by atoms with van der Waals surface area (Å²) in [6, 6.07) is 16.8. The molecule has 0 fully saturated rings. The second-order valence-electron chi connectivity index (χ2n) is 6.26. The van der Waals surface area contributed by atoms with Gasteiger partial charge in [0, 0.05) is 44.1 Å². The maximum atomic E-state index is 12.0. The van der Waals surface area contributed by atoms with Gasteiger partial charge in [-0.15, -0.1) is 0 Å². The molecule has 2 aromatic rings. The van der Waals surface area contributed by atoms with Crippen molar-refractivity contribution in [1.82, 2.24) is 10.6 Å². The van der Waals surface area contributed by atoms with Crippen LogP contribution in [-0.4, -0.2) is 45.2 Å². The first-order chi connectivity index (χ1) is 13.6. The van der Waals surface area contributed by atoms with Crippen molar-refractivity contribution >= 4 is 23.3 Å². The number of para-hydroxylation sites is 1. The minimum atomic E-state index is -0.275.